The first kappa shape index (κ1) is 15.1. The first-order chi connectivity index (χ1) is 11.1. The lowest BCUT2D eigenvalue weighted by Gasteiger charge is -2.02. The van der Waals surface area contributed by atoms with Gasteiger partial charge in [0.1, 0.15) is 23.4 Å². The number of H-pyrrole nitrogens is 1. The second-order valence-corrected chi connectivity index (χ2v) is 5.64. The Morgan fingerprint density at radius 1 is 1.35 bits per heavy atom. The summed E-state index contributed by atoms with van der Waals surface area (Å²) in [6.45, 7) is 1.71. The fourth-order valence-corrected chi connectivity index (χ4v) is 2.76. The largest absolute Gasteiger partial charge is 0.356 e. The Hall–Kier alpha value is -2.81. The fourth-order valence-electron chi connectivity index (χ4n) is 2.05. The number of rotatable bonds is 5. The molecule has 0 bridgehead atoms. The van der Waals surface area contributed by atoms with E-state index in [1.54, 1.807) is 6.20 Å². The lowest BCUT2D eigenvalue weighted by atomic mass is 10.2. The Labute approximate surface area is 135 Å². The van der Waals surface area contributed by atoms with E-state index in [2.05, 4.69) is 30.6 Å². The number of carbonyl (C=O) groups is 2. The number of fused-ring (bicyclic) bond motifs is 1. The van der Waals surface area contributed by atoms with Gasteiger partial charge in [0.2, 0.25) is 11.8 Å². The summed E-state index contributed by atoms with van der Waals surface area (Å²) in [6.07, 6.45) is 3.46. The number of carbonyl (C=O) groups excluding carboxylic acids is 2. The monoisotopic (exact) mass is 330 g/mol. The number of amides is 2. The Balaban J connectivity index is 1.70. The van der Waals surface area contributed by atoms with Crippen LogP contribution in [0.2, 0.25) is 0 Å². The Morgan fingerprint density at radius 3 is 3.04 bits per heavy atom. The zero-order chi connectivity index (χ0) is 16.2. The number of aromatic amines is 1. The van der Waals surface area contributed by atoms with E-state index in [1.807, 2.05) is 11.4 Å². The summed E-state index contributed by atoms with van der Waals surface area (Å²) in [4.78, 5) is 38.4. The van der Waals surface area contributed by atoms with E-state index >= 15 is 0 Å². The van der Waals surface area contributed by atoms with E-state index in [0.29, 0.717) is 23.1 Å². The molecule has 0 unspecified atom stereocenters. The van der Waals surface area contributed by atoms with Gasteiger partial charge in [0.15, 0.2) is 5.13 Å². The van der Waals surface area contributed by atoms with Gasteiger partial charge < -0.3 is 15.6 Å². The summed E-state index contributed by atoms with van der Waals surface area (Å²) >= 11 is 1.32. The number of nitrogens with one attached hydrogen (secondary N) is 3. The van der Waals surface area contributed by atoms with E-state index in [9.17, 15) is 9.59 Å². The third kappa shape index (κ3) is 3.51. The predicted octanol–water partition coefficient (Wildman–Crippen LogP) is 1.55. The van der Waals surface area contributed by atoms with Crippen LogP contribution >= 0.6 is 11.3 Å². The van der Waals surface area contributed by atoms with Crippen molar-refractivity contribution < 1.29 is 9.59 Å². The molecule has 3 aromatic heterocycles. The first-order valence-corrected chi connectivity index (χ1v) is 7.80. The van der Waals surface area contributed by atoms with Crippen molar-refractivity contribution in [2.75, 3.05) is 11.9 Å². The van der Waals surface area contributed by atoms with Crippen LogP contribution in [0.4, 0.5) is 5.13 Å². The van der Waals surface area contributed by atoms with Crippen LogP contribution in [0.5, 0.6) is 0 Å². The summed E-state index contributed by atoms with van der Waals surface area (Å²) in [5, 5.41) is 8.49. The average Bonchev–Trinajstić information content (AvgIpc) is 3.15. The molecule has 3 aromatic rings. The van der Waals surface area contributed by atoms with Gasteiger partial charge in [-0.25, -0.2) is 15.0 Å². The highest BCUT2D eigenvalue weighted by molar-refractivity contribution is 7.14. The van der Waals surface area contributed by atoms with Crippen LogP contribution in [0, 0.1) is 0 Å². The maximum Gasteiger partial charge on any atom is 0.227 e. The smallest absolute Gasteiger partial charge is 0.227 e. The highest BCUT2D eigenvalue weighted by Crippen LogP contribution is 2.27. The van der Waals surface area contributed by atoms with Crippen LogP contribution in [0.25, 0.3) is 22.4 Å². The molecule has 0 saturated heterocycles. The molecule has 0 aromatic carbocycles. The van der Waals surface area contributed by atoms with E-state index in [0.717, 1.165) is 11.0 Å². The second-order valence-electron chi connectivity index (χ2n) is 4.78. The van der Waals surface area contributed by atoms with Gasteiger partial charge >= 0.3 is 0 Å². The molecule has 0 fully saturated rings. The number of anilines is 1. The van der Waals surface area contributed by atoms with Crippen molar-refractivity contribution in [3.8, 4) is 11.4 Å². The number of hydrogen-bond acceptors (Lipinski definition) is 6. The van der Waals surface area contributed by atoms with Gasteiger partial charge in [0.25, 0.3) is 0 Å². The minimum Gasteiger partial charge on any atom is -0.356 e. The molecule has 23 heavy (non-hydrogen) atoms. The molecule has 0 aliphatic carbocycles. The summed E-state index contributed by atoms with van der Waals surface area (Å²) in [5.41, 5.74) is 2.13. The van der Waals surface area contributed by atoms with Crippen LogP contribution in [0.15, 0.2) is 24.0 Å². The van der Waals surface area contributed by atoms with Gasteiger partial charge in [-0.15, -0.1) is 11.3 Å². The van der Waals surface area contributed by atoms with Crippen molar-refractivity contribution >= 4 is 39.3 Å². The van der Waals surface area contributed by atoms with Crippen molar-refractivity contribution in [2.24, 2.45) is 0 Å². The molecule has 9 heteroatoms. The highest BCUT2D eigenvalue weighted by Gasteiger charge is 2.12. The quantitative estimate of drug-likeness (QED) is 0.657. The van der Waals surface area contributed by atoms with E-state index in [1.165, 1.54) is 24.6 Å². The number of thiazole rings is 1. The number of hydrogen-bond donors (Lipinski definition) is 3. The summed E-state index contributed by atoms with van der Waals surface area (Å²) in [6, 6.07) is 1.88. The van der Waals surface area contributed by atoms with Crippen molar-refractivity contribution in [3.63, 3.8) is 0 Å². The molecule has 8 nitrogen and oxygen atoms in total. The van der Waals surface area contributed by atoms with Crippen LogP contribution in [0.3, 0.4) is 0 Å². The molecule has 118 valence electrons. The minimum absolute atomic E-state index is 0.159. The van der Waals surface area contributed by atoms with Crippen molar-refractivity contribution in [2.45, 2.75) is 13.3 Å². The Kier molecular flexibility index (Phi) is 4.29. The highest BCUT2D eigenvalue weighted by atomic mass is 32.1. The van der Waals surface area contributed by atoms with Gasteiger partial charge in [-0.05, 0) is 6.07 Å². The standard InChI is InChI=1S/C14H14N6O2S/c1-8(21)15-5-3-11(22)20-14-19-10(6-23-14)12-9-2-4-16-13(9)18-7-17-12/h2,4,6-7H,3,5H2,1H3,(H,15,21)(H,16,17,18)(H,19,20,22). The van der Waals surface area contributed by atoms with Crippen molar-refractivity contribution in [1.29, 1.82) is 0 Å². The molecule has 0 atom stereocenters. The topological polar surface area (TPSA) is 113 Å². The molecule has 0 saturated carbocycles. The Bertz CT molecular complexity index is 856. The SMILES string of the molecule is CC(=O)NCCC(=O)Nc1nc(-c2ncnc3[nH]ccc23)cs1. The molecule has 3 N–H and O–H groups in total. The van der Waals surface area contributed by atoms with Gasteiger partial charge in [0, 0.05) is 36.9 Å². The first-order valence-electron chi connectivity index (χ1n) is 6.92. The van der Waals surface area contributed by atoms with E-state index < -0.39 is 0 Å². The maximum atomic E-state index is 11.8. The average molecular weight is 330 g/mol. The van der Waals surface area contributed by atoms with Crippen molar-refractivity contribution in [1.82, 2.24) is 25.3 Å². The van der Waals surface area contributed by atoms with Crippen molar-refractivity contribution in [3.05, 3.63) is 24.0 Å². The minimum atomic E-state index is -0.200. The lowest BCUT2D eigenvalue weighted by molar-refractivity contribution is -0.119. The second kappa shape index (κ2) is 6.53. The number of nitrogens with zero attached hydrogens (tertiary/aromatic N) is 3. The molecule has 0 spiro atoms. The molecular weight excluding hydrogens is 316 g/mol. The van der Waals surface area contributed by atoms with Gasteiger partial charge in [-0.1, -0.05) is 0 Å². The summed E-state index contributed by atoms with van der Waals surface area (Å²) < 4.78 is 0. The third-order valence-corrected chi connectivity index (χ3v) is 3.83. The van der Waals surface area contributed by atoms with E-state index in [-0.39, 0.29) is 18.2 Å². The molecular formula is C14H14N6O2S. The zero-order valence-electron chi connectivity index (χ0n) is 12.3. The number of aromatic nitrogens is 4. The zero-order valence-corrected chi connectivity index (χ0v) is 13.1. The van der Waals surface area contributed by atoms with Crippen LogP contribution in [-0.2, 0) is 9.59 Å². The van der Waals surface area contributed by atoms with Gasteiger partial charge in [-0.2, -0.15) is 0 Å². The normalized spacial score (nSPS) is 10.7. The fraction of sp³-hybridized carbons (Fsp3) is 0.214. The van der Waals surface area contributed by atoms with Crippen LogP contribution in [-0.4, -0.2) is 38.3 Å². The summed E-state index contributed by atoms with van der Waals surface area (Å²) in [5.74, 6) is -0.359. The predicted molar refractivity (Wildman–Crippen MR) is 86.9 cm³/mol. The maximum absolute atomic E-state index is 11.8. The van der Waals surface area contributed by atoms with Gasteiger partial charge in [0.05, 0.1) is 0 Å². The molecule has 0 aliphatic heterocycles. The van der Waals surface area contributed by atoms with Gasteiger partial charge in [-0.3, -0.25) is 9.59 Å². The molecule has 2 amide bonds. The van der Waals surface area contributed by atoms with Crippen LogP contribution < -0.4 is 10.6 Å². The molecule has 0 aliphatic rings. The Morgan fingerprint density at radius 2 is 2.22 bits per heavy atom. The summed E-state index contributed by atoms with van der Waals surface area (Å²) in [7, 11) is 0. The lowest BCUT2D eigenvalue weighted by Crippen LogP contribution is -2.25. The molecule has 3 heterocycles. The van der Waals surface area contributed by atoms with Crippen LogP contribution in [0.1, 0.15) is 13.3 Å². The third-order valence-electron chi connectivity index (χ3n) is 3.07. The molecule has 3 rings (SSSR count). The van der Waals surface area contributed by atoms with E-state index in [4.69, 9.17) is 0 Å². The molecule has 0 radical (unpaired) electrons.